The smallest absolute Gasteiger partial charge is 0.229 e. The molecule has 0 saturated carbocycles. The molecule has 1 aromatic carbocycles. The largest absolute Gasteiger partial charge is 0.368 e. The summed E-state index contributed by atoms with van der Waals surface area (Å²) in [6.07, 6.45) is 0. The highest BCUT2D eigenvalue weighted by atomic mass is 32.2. The van der Waals surface area contributed by atoms with E-state index in [0.29, 0.717) is 5.95 Å². The molecule has 1 aromatic heterocycles. The van der Waals surface area contributed by atoms with Gasteiger partial charge in [0.25, 0.3) is 0 Å². The Morgan fingerprint density at radius 1 is 1.05 bits per heavy atom. The quantitative estimate of drug-likeness (QED) is 0.910. The summed E-state index contributed by atoms with van der Waals surface area (Å²) >= 11 is 1.77. The van der Waals surface area contributed by atoms with E-state index in [1.54, 1.807) is 11.8 Å². The van der Waals surface area contributed by atoms with Gasteiger partial charge in [0, 0.05) is 19.8 Å². The predicted octanol–water partition coefficient (Wildman–Crippen LogP) is 2.26. The molecule has 0 saturated heterocycles. The van der Waals surface area contributed by atoms with Gasteiger partial charge in [0.15, 0.2) is 0 Å². The molecule has 0 fully saturated rings. The van der Waals surface area contributed by atoms with Crippen molar-refractivity contribution in [3.63, 3.8) is 0 Å². The molecule has 0 spiro atoms. The van der Waals surface area contributed by atoms with Crippen molar-refractivity contribution in [1.82, 2.24) is 15.0 Å². The molecule has 2 rings (SSSR count). The minimum Gasteiger partial charge on any atom is -0.368 e. The maximum Gasteiger partial charge on any atom is 0.229 e. The minimum absolute atomic E-state index is 0.273. The van der Waals surface area contributed by atoms with Gasteiger partial charge >= 0.3 is 0 Å². The van der Waals surface area contributed by atoms with Gasteiger partial charge in [-0.1, -0.05) is 29.8 Å². The number of rotatable bonds is 5. The summed E-state index contributed by atoms with van der Waals surface area (Å²) in [5.74, 6) is 3.25. The van der Waals surface area contributed by atoms with Gasteiger partial charge in [0.2, 0.25) is 11.9 Å². The van der Waals surface area contributed by atoms with Crippen LogP contribution in [0.4, 0.5) is 11.9 Å². The molecule has 0 amide bonds. The van der Waals surface area contributed by atoms with Crippen LogP contribution in [0, 0.1) is 6.92 Å². The first kappa shape index (κ1) is 14.6. The Kier molecular flexibility index (Phi) is 4.79. The Balaban J connectivity index is 1.95. The summed E-state index contributed by atoms with van der Waals surface area (Å²) in [6.45, 7) is 2.09. The van der Waals surface area contributed by atoms with E-state index in [-0.39, 0.29) is 5.95 Å². The zero-order chi connectivity index (χ0) is 14.5. The van der Waals surface area contributed by atoms with E-state index in [4.69, 9.17) is 5.73 Å². The fourth-order valence-corrected chi connectivity index (χ4v) is 2.48. The van der Waals surface area contributed by atoms with Crippen molar-refractivity contribution in [2.24, 2.45) is 0 Å². The fourth-order valence-electron chi connectivity index (χ4n) is 1.63. The van der Waals surface area contributed by atoms with Crippen LogP contribution in [0.3, 0.4) is 0 Å². The molecule has 0 radical (unpaired) electrons. The third-order valence-corrected chi connectivity index (χ3v) is 3.71. The zero-order valence-electron chi connectivity index (χ0n) is 12.0. The highest BCUT2D eigenvalue weighted by Crippen LogP contribution is 2.17. The Bertz CT molecular complexity index is 568. The number of aryl methyl sites for hydroxylation is 1. The number of thioether (sulfide) groups is 1. The first-order valence-corrected chi connectivity index (χ1v) is 7.51. The molecule has 1 heterocycles. The second-order valence-corrected chi connectivity index (χ2v) is 5.77. The molecule has 0 bridgehead atoms. The third-order valence-electron chi connectivity index (χ3n) is 2.71. The first-order chi connectivity index (χ1) is 9.54. The average Bonchev–Trinajstić information content (AvgIpc) is 2.40. The zero-order valence-corrected chi connectivity index (χ0v) is 12.8. The normalized spacial score (nSPS) is 10.6. The second kappa shape index (κ2) is 6.56. The molecule has 0 aliphatic heterocycles. The van der Waals surface area contributed by atoms with Crippen LogP contribution in [0.25, 0.3) is 0 Å². The van der Waals surface area contributed by atoms with Crippen LogP contribution in [-0.4, -0.2) is 29.0 Å². The van der Waals surface area contributed by atoms with E-state index < -0.39 is 0 Å². The van der Waals surface area contributed by atoms with Gasteiger partial charge < -0.3 is 10.6 Å². The molecule has 0 atom stereocenters. The van der Waals surface area contributed by atoms with Crippen LogP contribution in [-0.2, 0) is 11.5 Å². The van der Waals surface area contributed by atoms with Gasteiger partial charge in [0.05, 0.1) is 5.75 Å². The van der Waals surface area contributed by atoms with Crippen LogP contribution in [0.5, 0.6) is 0 Å². The van der Waals surface area contributed by atoms with Crippen molar-refractivity contribution in [1.29, 1.82) is 0 Å². The predicted molar refractivity (Wildman–Crippen MR) is 84.7 cm³/mol. The van der Waals surface area contributed by atoms with Crippen LogP contribution in [0.15, 0.2) is 24.3 Å². The lowest BCUT2D eigenvalue weighted by Crippen LogP contribution is -2.15. The molecule has 2 aromatic rings. The van der Waals surface area contributed by atoms with Crippen molar-refractivity contribution in [2.45, 2.75) is 18.4 Å². The first-order valence-electron chi connectivity index (χ1n) is 6.35. The second-order valence-electron chi connectivity index (χ2n) is 4.78. The van der Waals surface area contributed by atoms with Gasteiger partial charge in [-0.2, -0.15) is 15.0 Å². The van der Waals surface area contributed by atoms with Crippen molar-refractivity contribution in [2.75, 3.05) is 24.7 Å². The summed E-state index contributed by atoms with van der Waals surface area (Å²) in [7, 11) is 3.77. The van der Waals surface area contributed by atoms with E-state index in [0.717, 1.165) is 17.3 Å². The van der Waals surface area contributed by atoms with E-state index in [1.807, 2.05) is 19.0 Å². The van der Waals surface area contributed by atoms with Crippen molar-refractivity contribution < 1.29 is 0 Å². The molecule has 20 heavy (non-hydrogen) atoms. The van der Waals surface area contributed by atoms with Crippen LogP contribution >= 0.6 is 11.8 Å². The summed E-state index contributed by atoms with van der Waals surface area (Å²) in [5.41, 5.74) is 8.28. The number of nitrogens with two attached hydrogens (primary N) is 1. The SMILES string of the molecule is Cc1ccc(CSCc2nc(N)nc(N(C)C)n2)cc1. The highest BCUT2D eigenvalue weighted by molar-refractivity contribution is 7.97. The topological polar surface area (TPSA) is 67.9 Å². The monoisotopic (exact) mass is 289 g/mol. The number of hydrogen-bond donors (Lipinski definition) is 1. The number of nitrogen functional groups attached to an aromatic ring is 1. The molecular formula is C14H19N5S. The number of hydrogen-bond acceptors (Lipinski definition) is 6. The molecule has 0 aliphatic carbocycles. The Labute approximate surface area is 123 Å². The van der Waals surface area contributed by atoms with Crippen LogP contribution in [0.1, 0.15) is 17.0 Å². The lowest BCUT2D eigenvalue weighted by atomic mass is 10.2. The number of nitrogens with zero attached hydrogens (tertiary/aromatic N) is 4. The third kappa shape index (κ3) is 4.09. The molecule has 106 valence electrons. The minimum atomic E-state index is 0.273. The standard InChI is InChI=1S/C14H19N5S/c1-10-4-6-11(7-5-10)8-20-9-12-16-13(15)18-14(17-12)19(2)3/h4-7H,8-9H2,1-3H3,(H2,15,16,17,18). The van der Waals surface area contributed by atoms with E-state index in [2.05, 4.69) is 46.1 Å². The van der Waals surface area contributed by atoms with Crippen molar-refractivity contribution in [3.05, 3.63) is 41.2 Å². The van der Waals surface area contributed by atoms with Gasteiger partial charge in [-0.05, 0) is 12.5 Å². The average molecular weight is 289 g/mol. The maximum absolute atomic E-state index is 5.70. The number of aromatic nitrogens is 3. The van der Waals surface area contributed by atoms with E-state index in [9.17, 15) is 0 Å². The number of anilines is 2. The summed E-state index contributed by atoms with van der Waals surface area (Å²) in [4.78, 5) is 14.5. The molecule has 2 N–H and O–H groups in total. The molecule has 6 heteroatoms. The van der Waals surface area contributed by atoms with Gasteiger partial charge in [0.1, 0.15) is 5.82 Å². The van der Waals surface area contributed by atoms with E-state index in [1.165, 1.54) is 11.1 Å². The summed E-state index contributed by atoms with van der Waals surface area (Å²) in [6, 6.07) is 8.55. The lowest BCUT2D eigenvalue weighted by molar-refractivity contribution is 0.919. The molecule has 0 unspecified atom stereocenters. The van der Waals surface area contributed by atoms with E-state index >= 15 is 0 Å². The van der Waals surface area contributed by atoms with Crippen molar-refractivity contribution in [3.8, 4) is 0 Å². The summed E-state index contributed by atoms with van der Waals surface area (Å²) < 4.78 is 0. The van der Waals surface area contributed by atoms with Gasteiger partial charge in [-0.25, -0.2) is 0 Å². The Morgan fingerprint density at radius 3 is 2.40 bits per heavy atom. The fraction of sp³-hybridized carbons (Fsp3) is 0.357. The van der Waals surface area contributed by atoms with Gasteiger partial charge in [-0.15, -0.1) is 11.8 Å². The maximum atomic E-state index is 5.70. The Hall–Kier alpha value is -1.82. The molecule has 5 nitrogen and oxygen atoms in total. The molecule has 0 aliphatic rings. The van der Waals surface area contributed by atoms with Gasteiger partial charge in [-0.3, -0.25) is 0 Å². The molecular weight excluding hydrogens is 270 g/mol. The Morgan fingerprint density at radius 2 is 1.75 bits per heavy atom. The van der Waals surface area contributed by atoms with Crippen LogP contribution in [0.2, 0.25) is 0 Å². The van der Waals surface area contributed by atoms with Crippen molar-refractivity contribution >= 4 is 23.7 Å². The summed E-state index contributed by atoms with van der Waals surface area (Å²) in [5, 5.41) is 0. The van der Waals surface area contributed by atoms with Crippen LogP contribution < -0.4 is 10.6 Å². The lowest BCUT2D eigenvalue weighted by Gasteiger charge is -2.11. The highest BCUT2D eigenvalue weighted by Gasteiger charge is 2.06. The number of benzene rings is 1.